The third kappa shape index (κ3) is 2.87. The van der Waals surface area contributed by atoms with Crippen molar-refractivity contribution < 1.29 is 0 Å². The fourth-order valence-electron chi connectivity index (χ4n) is 3.75. The lowest BCUT2D eigenvalue weighted by molar-refractivity contribution is 0.317. The van der Waals surface area contributed by atoms with E-state index in [-0.39, 0.29) is 0 Å². The molecule has 1 fully saturated rings. The van der Waals surface area contributed by atoms with Crippen LogP contribution in [0.1, 0.15) is 17.0 Å². The third-order valence-corrected chi connectivity index (χ3v) is 4.96. The molecular formula is C19H22N4. The van der Waals surface area contributed by atoms with E-state index in [1.807, 2.05) is 6.20 Å². The molecule has 0 aliphatic carbocycles. The molecule has 4 rings (SSSR count). The summed E-state index contributed by atoms with van der Waals surface area (Å²) in [6, 6.07) is 17.3. The highest BCUT2D eigenvalue weighted by atomic mass is 15.2. The number of aromatic amines is 1. The number of H-pyrrole nitrogens is 1. The third-order valence-electron chi connectivity index (χ3n) is 4.96. The van der Waals surface area contributed by atoms with Gasteiger partial charge in [-0.25, -0.2) is 0 Å². The number of hydrogen-bond acceptors (Lipinski definition) is 3. The van der Waals surface area contributed by atoms with Crippen molar-refractivity contribution in [1.29, 1.82) is 0 Å². The lowest BCUT2D eigenvalue weighted by Crippen LogP contribution is -2.23. The highest BCUT2D eigenvalue weighted by molar-refractivity contribution is 5.78. The highest BCUT2D eigenvalue weighted by Gasteiger charge is 2.32. The summed E-state index contributed by atoms with van der Waals surface area (Å²) >= 11 is 0. The summed E-state index contributed by atoms with van der Waals surface area (Å²) in [7, 11) is 0. The van der Waals surface area contributed by atoms with Gasteiger partial charge in [0, 0.05) is 30.9 Å². The minimum atomic E-state index is 0.535. The minimum Gasteiger partial charge on any atom is -0.330 e. The molecule has 2 aromatic carbocycles. The van der Waals surface area contributed by atoms with Crippen molar-refractivity contribution in [3.05, 3.63) is 65.9 Å². The van der Waals surface area contributed by atoms with Gasteiger partial charge >= 0.3 is 0 Å². The van der Waals surface area contributed by atoms with Crippen molar-refractivity contribution in [2.24, 2.45) is 11.7 Å². The minimum absolute atomic E-state index is 0.535. The van der Waals surface area contributed by atoms with Crippen molar-refractivity contribution in [2.75, 3.05) is 19.6 Å². The quantitative estimate of drug-likeness (QED) is 0.779. The molecule has 1 aromatic heterocycles. The van der Waals surface area contributed by atoms with Gasteiger partial charge in [0.15, 0.2) is 0 Å². The number of hydrogen-bond donors (Lipinski definition) is 2. The fourth-order valence-corrected chi connectivity index (χ4v) is 3.75. The largest absolute Gasteiger partial charge is 0.330 e. The number of nitrogens with two attached hydrogens (primary N) is 1. The predicted octanol–water partition coefficient (Wildman–Crippen LogP) is 2.74. The average Bonchev–Trinajstić information content (AvgIpc) is 3.21. The average molecular weight is 306 g/mol. The second-order valence-electron chi connectivity index (χ2n) is 6.50. The first-order valence-electron chi connectivity index (χ1n) is 8.23. The molecule has 4 nitrogen and oxygen atoms in total. The van der Waals surface area contributed by atoms with Crippen LogP contribution in [-0.2, 0) is 6.54 Å². The van der Waals surface area contributed by atoms with E-state index in [1.54, 1.807) is 0 Å². The molecule has 3 aromatic rings. The molecule has 0 radical (unpaired) electrons. The second kappa shape index (κ2) is 6.14. The first-order valence-corrected chi connectivity index (χ1v) is 8.23. The van der Waals surface area contributed by atoms with Crippen LogP contribution in [0.2, 0.25) is 0 Å². The van der Waals surface area contributed by atoms with Gasteiger partial charge in [0.25, 0.3) is 0 Å². The molecule has 0 amide bonds. The van der Waals surface area contributed by atoms with Gasteiger partial charge in [0.1, 0.15) is 0 Å². The number of rotatable bonds is 4. The molecule has 0 saturated carbocycles. The summed E-state index contributed by atoms with van der Waals surface area (Å²) in [6.45, 7) is 3.86. The number of aromatic nitrogens is 2. The van der Waals surface area contributed by atoms with Gasteiger partial charge in [-0.1, -0.05) is 42.5 Å². The van der Waals surface area contributed by atoms with Crippen LogP contribution in [0.4, 0.5) is 0 Å². The lowest BCUT2D eigenvalue weighted by Gasteiger charge is -2.17. The van der Waals surface area contributed by atoms with E-state index < -0.39 is 0 Å². The molecule has 1 aliphatic heterocycles. The summed E-state index contributed by atoms with van der Waals surface area (Å²) in [5.41, 5.74) is 9.88. The number of nitrogens with zero attached hydrogens (tertiary/aromatic N) is 2. The molecule has 2 heterocycles. The SMILES string of the molecule is NC[C@@H]1CN(Cc2ccc3cn[nH]c3c2)C[C@H]1c1ccccc1. The molecule has 1 aliphatic rings. The summed E-state index contributed by atoms with van der Waals surface area (Å²) in [4.78, 5) is 2.52. The van der Waals surface area contributed by atoms with Crippen molar-refractivity contribution in [3.63, 3.8) is 0 Å². The lowest BCUT2D eigenvalue weighted by atomic mass is 9.89. The van der Waals surface area contributed by atoms with E-state index in [4.69, 9.17) is 5.73 Å². The molecule has 2 atom stereocenters. The topological polar surface area (TPSA) is 57.9 Å². The fraction of sp³-hybridized carbons (Fsp3) is 0.316. The molecule has 118 valence electrons. The molecule has 0 unspecified atom stereocenters. The number of nitrogens with one attached hydrogen (secondary N) is 1. The smallest absolute Gasteiger partial charge is 0.0653 e. The molecule has 4 heteroatoms. The van der Waals surface area contributed by atoms with Crippen LogP contribution in [0.15, 0.2) is 54.7 Å². The van der Waals surface area contributed by atoms with Crippen LogP contribution < -0.4 is 5.73 Å². The van der Waals surface area contributed by atoms with Gasteiger partial charge < -0.3 is 5.73 Å². The first-order chi connectivity index (χ1) is 11.3. The summed E-state index contributed by atoms with van der Waals surface area (Å²) < 4.78 is 0. The number of fused-ring (bicyclic) bond motifs is 1. The van der Waals surface area contributed by atoms with Gasteiger partial charge in [-0.2, -0.15) is 5.10 Å². The van der Waals surface area contributed by atoms with Crippen LogP contribution in [-0.4, -0.2) is 34.7 Å². The summed E-state index contributed by atoms with van der Waals surface area (Å²) in [5, 5.41) is 8.31. The van der Waals surface area contributed by atoms with Gasteiger partial charge in [0.05, 0.1) is 11.7 Å². The zero-order valence-electron chi connectivity index (χ0n) is 13.2. The molecule has 0 spiro atoms. The summed E-state index contributed by atoms with van der Waals surface area (Å²) in [5.74, 6) is 1.07. The van der Waals surface area contributed by atoms with Crippen molar-refractivity contribution in [3.8, 4) is 0 Å². The Morgan fingerprint density at radius 3 is 2.83 bits per heavy atom. The van der Waals surface area contributed by atoms with E-state index in [0.717, 1.165) is 37.1 Å². The van der Waals surface area contributed by atoms with E-state index in [0.29, 0.717) is 11.8 Å². The molecule has 0 bridgehead atoms. The Kier molecular flexibility index (Phi) is 3.85. The Morgan fingerprint density at radius 1 is 1.13 bits per heavy atom. The Morgan fingerprint density at radius 2 is 2.00 bits per heavy atom. The van der Waals surface area contributed by atoms with Crippen molar-refractivity contribution in [1.82, 2.24) is 15.1 Å². The van der Waals surface area contributed by atoms with Gasteiger partial charge in [-0.15, -0.1) is 0 Å². The number of benzene rings is 2. The van der Waals surface area contributed by atoms with Crippen LogP contribution in [0.5, 0.6) is 0 Å². The van der Waals surface area contributed by atoms with Crippen LogP contribution >= 0.6 is 0 Å². The van der Waals surface area contributed by atoms with Crippen LogP contribution in [0.25, 0.3) is 10.9 Å². The van der Waals surface area contributed by atoms with Crippen molar-refractivity contribution in [2.45, 2.75) is 12.5 Å². The Bertz CT molecular complexity index is 780. The van der Waals surface area contributed by atoms with E-state index in [2.05, 4.69) is 63.6 Å². The van der Waals surface area contributed by atoms with Gasteiger partial charge in [0.2, 0.25) is 0 Å². The van der Waals surface area contributed by atoms with E-state index in [9.17, 15) is 0 Å². The summed E-state index contributed by atoms with van der Waals surface area (Å²) in [6.07, 6.45) is 1.87. The first kappa shape index (κ1) is 14.4. The van der Waals surface area contributed by atoms with Gasteiger partial charge in [-0.3, -0.25) is 10.00 Å². The standard InChI is InChI=1S/C19H22N4/c20-9-17-12-23(13-18(17)15-4-2-1-3-5-15)11-14-6-7-16-10-21-22-19(16)8-14/h1-8,10,17-18H,9,11-13,20H2,(H,21,22)/t17-,18+/m1/s1. The monoisotopic (exact) mass is 306 g/mol. The Hall–Kier alpha value is -2.17. The van der Waals surface area contributed by atoms with Crippen LogP contribution in [0.3, 0.4) is 0 Å². The zero-order valence-corrected chi connectivity index (χ0v) is 13.2. The number of likely N-dealkylation sites (tertiary alicyclic amines) is 1. The molecular weight excluding hydrogens is 284 g/mol. The maximum Gasteiger partial charge on any atom is 0.0653 e. The van der Waals surface area contributed by atoms with Crippen LogP contribution in [0, 0.1) is 5.92 Å². The maximum absolute atomic E-state index is 6.04. The highest BCUT2D eigenvalue weighted by Crippen LogP contribution is 2.32. The van der Waals surface area contributed by atoms with E-state index >= 15 is 0 Å². The molecule has 3 N–H and O–H groups in total. The zero-order chi connectivity index (χ0) is 15.6. The van der Waals surface area contributed by atoms with Crippen molar-refractivity contribution >= 4 is 10.9 Å². The molecule has 23 heavy (non-hydrogen) atoms. The molecule has 1 saturated heterocycles. The Balaban J connectivity index is 1.51. The maximum atomic E-state index is 6.04. The predicted molar refractivity (Wildman–Crippen MR) is 93.1 cm³/mol. The van der Waals surface area contributed by atoms with Gasteiger partial charge in [-0.05, 0) is 29.7 Å². The second-order valence-corrected chi connectivity index (χ2v) is 6.50. The Labute approximate surface area is 136 Å². The normalized spacial score (nSPS) is 22.0. The van der Waals surface area contributed by atoms with E-state index in [1.165, 1.54) is 11.1 Å².